The highest BCUT2D eigenvalue weighted by Crippen LogP contribution is 2.22. The third-order valence-corrected chi connectivity index (χ3v) is 4.74. The van der Waals surface area contributed by atoms with Crippen molar-refractivity contribution in [2.45, 2.75) is 20.3 Å². The van der Waals surface area contributed by atoms with E-state index < -0.39 is 0 Å². The fourth-order valence-electron chi connectivity index (χ4n) is 2.89. The highest BCUT2D eigenvalue weighted by atomic mass is 16.5. The van der Waals surface area contributed by atoms with Gasteiger partial charge in [0.25, 0.3) is 5.91 Å². The average molecular weight is 375 g/mol. The molecule has 0 aliphatic heterocycles. The van der Waals surface area contributed by atoms with Crippen LogP contribution in [0.2, 0.25) is 0 Å². The van der Waals surface area contributed by atoms with Gasteiger partial charge in [-0.1, -0.05) is 24.3 Å². The van der Waals surface area contributed by atoms with E-state index in [9.17, 15) is 4.79 Å². The first-order valence-corrected chi connectivity index (χ1v) is 9.26. The number of hydrogen-bond acceptors (Lipinski definition) is 4. The Hall–Kier alpha value is -3.34. The molecule has 0 saturated carbocycles. The lowest BCUT2D eigenvalue weighted by Crippen LogP contribution is -2.25. The van der Waals surface area contributed by atoms with Crippen LogP contribution < -0.4 is 15.4 Å². The van der Waals surface area contributed by atoms with E-state index in [0.717, 1.165) is 29.1 Å². The van der Waals surface area contributed by atoms with Gasteiger partial charge in [0.15, 0.2) is 0 Å². The molecule has 0 spiro atoms. The quantitative estimate of drug-likeness (QED) is 0.641. The van der Waals surface area contributed by atoms with Gasteiger partial charge in [-0.15, -0.1) is 0 Å². The molecule has 2 N–H and O–H groups in total. The topological polar surface area (TPSA) is 63.2 Å². The summed E-state index contributed by atoms with van der Waals surface area (Å²) in [5.74, 6) is 0.692. The summed E-state index contributed by atoms with van der Waals surface area (Å²) in [5.41, 5.74) is 5.87. The molecule has 2 aromatic carbocycles. The van der Waals surface area contributed by atoms with Crippen molar-refractivity contribution in [1.82, 2.24) is 10.3 Å². The first-order chi connectivity index (χ1) is 13.6. The molecule has 0 atom stereocenters. The molecule has 0 unspecified atom stereocenters. The molecule has 1 heterocycles. The number of amides is 1. The Morgan fingerprint density at radius 1 is 1.07 bits per heavy atom. The van der Waals surface area contributed by atoms with E-state index in [2.05, 4.69) is 35.5 Å². The van der Waals surface area contributed by atoms with Gasteiger partial charge in [-0.25, -0.2) is 0 Å². The summed E-state index contributed by atoms with van der Waals surface area (Å²) in [4.78, 5) is 16.7. The molecule has 0 aliphatic carbocycles. The van der Waals surface area contributed by atoms with E-state index in [1.165, 1.54) is 11.1 Å². The molecule has 5 heteroatoms. The first-order valence-electron chi connectivity index (χ1n) is 9.26. The number of nitrogens with zero attached hydrogens (tertiary/aromatic N) is 1. The Balaban J connectivity index is 1.59. The van der Waals surface area contributed by atoms with Crippen molar-refractivity contribution >= 4 is 17.3 Å². The third-order valence-electron chi connectivity index (χ3n) is 4.74. The maximum absolute atomic E-state index is 12.5. The SMILES string of the molecule is COc1ccc(CCNC(=O)c2cncc(Nc3cccc(C)c3C)c2)cc1. The zero-order chi connectivity index (χ0) is 19.9. The fourth-order valence-corrected chi connectivity index (χ4v) is 2.89. The maximum atomic E-state index is 12.5. The van der Waals surface area contributed by atoms with Crippen molar-refractivity contribution in [3.63, 3.8) is 0 Å². The molecule has 0 radical (unpaired) electrons. The minimum Gasteiger partial charge on any atom is -0.497 e. The van der Waals surface area contributed by atoms with E-state index in [1.807, 2.05) is 42.5 Å². The van der Waals surface area contributed by atoms with Gasteiger partial charge in [0.2, 0.25) is 0 Å². The van der Waals surface area contributed by atoms with Gasteiger partial charge in [0.05, 0.1) is 24.6 Å². The van der Waals surface area contributed by atoms with Crippen molar-refractivity contribution in [3.05, 3.63) is 83.2 Å². The number of carbonyl (C=O) groups is 1. The van der Waals surface area contributed by atoms with Crippen LogP contribution in [0.15, 0.2) is 60.9 Å². The summed E-state index contributed by atoms with van der Waals surface area (Å²) in [5, 5.41) is 6.30. The number of carbonyl (C=O) groups excluding carboxylic acids is 1. The summed E-state index contributed by atoms with van der Waals surface area (Å²) in [7, 11) is 1.65. The van der Waals surface area contributed by atoms with Crippen LogP contribution in [0.3, 0.4) is 0 Å². The van der Waals surface area contributed by atoms with Gasteiger partial charge in [-0.2, -0.15) is 0 Å². The molecule has 144 valence electrons. The molecular weight excluding hydrogens is 350 g/mol. The number of benzene rings is 2. The average Bonchev–Trinajstić information content (AvgIpc) is 2.72. The first kappa shape index (κ1) is 19.4. The van der Waals surface area contributed by atoms with E-state index in [1.54, 1.807) is 19.5 Å². The molecule has 3 aromatic rings. The highest BCUT2D eigenvalue weighted by Gasteiger charge is 2.08. The minimum absolute atomic E-state index is 0.134. The molecule has 28 heavy (non-hydrogen) atoms. The van der Waals surface area contributed by atoms with Gasteiger partial charge in [0, 0.05) is 18.4 Å². The van der Waals surface area contributed by atoms with Crippen LogP contribution in [0.1, 0.15) is 27.0 Å². The Morgan fingerprint density at radius 2 is 1.86 bits per heavy atom. The minimum atomic E-state index is -0.134. The lowest BCUT2D eigenvalue weighted by Gasteiger charge is -2.12. The van der Waals surface area contributed by atoms with Crippen LogP contribution >= 0.6 is 0 Å². The molecule has 0 fully saturated rings. The van der Waals surface area contributed by atoms with Crippen LogP contribution in [-0.4, -0.2) is 24.5 Å². The van der Waals surface area contributed by atoms with E-state index in [0.29, 0.717) is 12.1 Å². The van der Waals surface area contributed by atoms with Crippen molar-refractivity contribution in [2.75, 3.05) is 19.0 Å². The maximum Gasteiger partial charge on any atom is 0.252 e. The van der Waals surface area contributed by atoms with Gasteiger partial charge >= 0.3 is 0 Å². The van der Waals surface area contributed by atoms with Crippen molar-refractivity contribution in [2.24, 2.45) is 0 Å². The Morgan fingerprint density at radius 3 is 2.61 bits per heavy atom. The standard InChI is InChI=1S/C23H25N3O2/c1-16-5-4-6-22(17(16)2)26-20-13-19(14-24-15-20)23(27)25-12-11-18-7-9-21(28-3)10-8-18/h4-10,13-15,26H,11-12H2,1-3H3,(H,25,27). The van der Waals surface area contributed by atoms with Crippen molar-refractivity contribution in [3.8, 4) is 5.75 Å². The summed E-state index contributed by atoms with van der Waals surface area (Å²) < 4.78 is 5.15. The monoisotopic (exact) mass is 375 g/mol. The number of pyridine rings is 1. The lowest BCUT2D eigenvalue weighted by atomic mass is 10.1. The molecule has 0 saturated heterocycles. The Kier molecular flexibility index (Phi) is 6.27. The zero-order valence-electron chi connectivity index (χ0n) is 16.5. The Bertz CT molecular complexity index is 952. The third kappa shape index (κ3) is 4.88. The Labute approximate surface area is 165 Å². The van der Waals surface area contributed by atoms with E-state index in [-0.39, 0.29) is 5.91 Å². The summed E-state index contributed by atoms with van der Waals surface area (Å²) in [6, 6.07) is 15.8. The summed E-state index contributed by atoms with van der Waals surface area (Å²) in [6.07, 6.45) is 4.05. The number of methoxy groups -OCH3 is 1. The number of aromatic nitrogens is 1. The van der Waals surface area contributed by atoms with Crippen LogP contribution in [0.25, 0.3) is 0 Å². The van der Waals surface area contributed by atoms with Gasteiger partial charge < -0.3 is 15.4 Å². The lowest BCUT2D eigenvalue weighted by molar-refractivity contribution is 0.0954. The summed E-state index contributed by atoms with van der Waals surface area (Å²) in [6.45, 7) is 4.70. The molecular formula is C23H25N3O2. The second kappa shape index (κ2) is 9.04. The number of nitrogens with one attached hydrogen (secondary N) is 2. The van der Waals surface area contributed by atoms with Crippen LogP contribution in [0.5, 0.6) is 5.75 Å². The van der Waals surface area contributed by atoms with Crippen molar-refractivity contribution < 1.29 is 9.53 Å². The van der Waals surface area contributed by atoms with Crippen LogP contribution in [0.4, 0.5) is 11.4 Å². The van der Waals surface area contributed by atoms with Crippen LogP contribution in [0, 0.1) is 13.8 Å². The van der Waals surface area contributed by atoms with E-state index in [4.69, 9.17) is 4.74 Å². The zero-order valence-corrected chi connectivity index (χ0v) is 16.5. The second-order valence-electron chi connectivity index (χ2n) is 6.69. The summed E-state index contributed by atoms with van der Waals surface area (Å²) >= 11 is 0. The molecule has 1 amide bonds. The number of aryl methyl sites for hydroxylation is 1. The smallest absolute Gasteiger partial charge is 0.252 e. The molecule has 1 aromatic heterocycles. The van der Waals surface area contributed by atoms with E-state index >= 15 is 0 Å². The van der Waals surface area contributed by atoms with Crippen LogP contribution in [-0.2, 0) is 6.42 Å². The molecule has 0 bridgehead atoms. The normalized spacial score (nSPS) is 10.4. The predicted molar refractivity (Wildman–Crippen MR) is 112 cm³/mol. The molecule has 5 nitrogen and oxygen atoms in total. The number of anilines is 2. The number of hydrogen-bond donors (Lipinski definition) is 2. The molecule has 3 rings (SSSR count). The molecule has 0 aliphatic rings. The predicted octanol–water partition coefficient (Wildman–Crippen LogP) is 4.42. The largest absolute Gasteiger partial charge is 0.497 e. The number of ether oxygens (including phenoxy) is 1. The fraction of sp³-hybridized carbons (Fsp3) is 0.217. The van der Waals surface area contributed by atoms with Crippen molar-refractivity contribution in [1.29, 1.82) is 0 Å². The highest BCUT2D eigenvalue weighted by molar-refractivity contribution is 5.94. The van der Waals surface area contributed by atoms with Gasteiger partial charge in [-0.3, -0.25) is 9.78 Å². The van der Waals surface area contributed by atoms with Gasteiger partial charge in [-0.05, 0) is 61.2 Å². The number of rotatable bonds is 7. The second-order valence-corrected chi connectivity index (χ2v) is 6.69. The van der Waals surface area contributed by atoms with Gasteiger partial charge in [0.1, 0.15) is 5.75 Å².